The predicted octanol–water partition coefficient (Wildman–Crippen LogP) is 2.79. The molecular formula is C13H22N2S. The summed E-state index contributed by atoms with van der Waals surface area (Å²) in [5, 5.41) is 3.87. The Labute approximate surface area is 103 Å². The topological polar surface area (TPSA) is 38.0 Å². The molecule has 0 aliphatic rings. The molecule has 0 aliphatic heterocycles. The molecule has 1 aromatic carbocycles. The number of hydrogen-bond acceptors (Lipinski definition) is 3. The van der Waals surface area contributed by atoms with Crippen LogP contribution in [0.4, 0.5) is 0 Å². The van der Waals surface area contributed by atoms with Gasteiger partial charge in [-0.1, -0.05) is 26.0 Å². The quantitative estimate of drug-likeness (QED) is 0.775. The third-order valence-corrected chi connectivity index (χ3v) is 3.46. The van der Waals surface area contributed by atoms with Gasteiger partial charge in [-0.2, -0.15) is 0 Å². The second-order valence-electron chi connectivity index (χ2n) is 4.36. The van der Waals surface area contributed by atoms with E-state index in [1.54, 1.807) is 0 Å². The molecule has 16 heavy (non-hydrogen) atoms. The van der Waals surface area contributed by atoms with Crippen LogP contribution in [-0.2, 0) is 0 Å². The van der Waals surface area contributed by atoms with Gasteiger partial charge < -0.3 is 11.1 Å². The summed E-state index contributed by atoms with van der Waals surface area (Å²) in [6.07, 6.45) is 0. The van der Waals surface area contributed by atoms with Crippen LogP contribution in [0.1, 0.15) is 32.4 Å². The first-order chi connectivity index (χ1) is 7.54. The van der Waals surface area contributed by atoms with Crippen molar-refractivity contribution in [3.05, 3.63) is 29.8 Å². The standard InChI is InChI=1S/C13H22N2S/c1-9(2)16-12-7-5-11(6-8-12)13(15-4)10(3)14/h5-10,13,15H,14H2,1-4H3. The molecule has 1 rings (SSSR count). The second kappa shape index (κ2) is 6.28. The smallest absolute Gasteiger partial charge is 0.0468 e. The Bertz CT molecular complexity index is 306. The van der Waals surface area contributed by atoms with Gasteiger partial charge in [-0.25, -0.2) is 0 Å². The fourth-order valence-electron chi connectivity index (χ4n) is 1.76. The van der Waals surface area contributed by atoms with Crippen molar-refractivity contribution in [3.63, 3.8) is 0 Å². The lowest BCUT2D eigenvalue weighted by molar-refractivity contribution is 0.503. The van der Waals surface area contributed by atoms with Crippen molar-refractivity contribution in [1.29, 1.82) is 0 Å². The van der Waals surface area contributed by atoms with Crippen molar-refractivity contribution >= 4 is 11.8 Å². The van der Waals surface area contributed by atoms with E-state index in [1.807, 2.05) is 25.7 Å². The molecule has 0 fully saturated rings. The van der Waals surface area contributed by atoms with E-state index in [2.05, 4.69) is 43.4 Å². The third-order valence-electron chi connectivity index (χ3n) is 2.45. The van der Waals surface area contributed by atoms with E-state index in [0.717, 1.165) is 0 Å². The van der Waals surface area contributed by atoms with E-state index < -0.39 is 0 Å². The first-order valence-electron chi connectivity index (χ1n) is 5.74. The van der Waals surface area contributed by atoms with E-state index in [9.17, 15) is 0 Å². The van der Waals surface area contributed by atoms with Gasteiger partial charge in [0, 0.05) is 22.2 Å². The monoisotopic (exact) mass is 238 g/mol. The summed E-state index contributed by atoms with van der Waals surface area (Å²) in [4.78, 5) is 1.32. The molecule has 1 aromatic rings. The van der Waals surface area contributed by atoms with E-state index in [4.69, 9.17) is 5.73 Å². The summed E-state index contributed by atoms with van der Waals surface area (Å²) >= 11 is 1.88. The van der Waals surface area contributed by atoms with Crippen LogP contribution in [-0.4, -0.2) is 18.3 Å². The second-order valence-corrected chi connectivity index (χ2v) is 6.01. The summed E-state index contributed by atoms with van der Waals surface area (Å²) in [5.41, 5.74) is 7.19. The molecule has 2 unspecified atom stereocenters. The minimum Gasteiger partial charge on any atom is -0.326 e. The number of nitrogens with one attached hydrogen (secondary N) is 1. The van der Waals surface area contributed by atoms with E-state index in [0.29, 0.717) is 5.25 Å². The molecule has 0 amide bonds. The van der Waals surface area contributed by atoms with E-state index in [-0.39, 0.29) is 12.1 Å². The maximum absolute atomic E-state index is 5.93. The molecular weight excluding hydrogens is 216 g/mol. The number of nitrogens with two attached hydrogens (primary N) is 1. The minimum absolute atomic E-state index is 0.119. The first-order valence-corrected chi connectivity index (χ1v) is 6.62. The number of benzene rings is 1. The van der Waals surface area contributed by atoms with Gasteiger partial charge in [0.15, 0.2) is 0 Å². The largest absolute Gasteiger partial charge is 0.326 e. The zero-order valence-corrected chi connectivity index (χ0v) is 11.3. The van der Waals surface area contributed by atoms with Gasteiger partial charge in [-0.15, -0.1) is 11.8 Å². The average Bonchev–Trinajstić information content (AvgIpc) is 2.20. The van der Waals surface area contributed by atoms with Crippen LogP contribution < -0.4 is 11.1 Å². The lowest BCUT2D eigenvalue weighted by atomic mass is 10.0. The van der Waals surface area contributed by atoms with Crippen molar-refractivity contribution in [2.75, 3.05) is 7.05 Å². The van der Waals surface area contributed by atoms with Crippen LogP contribution in [0.5, 0.6) is 0 Å². The van der Waals surface area contributed by atoms with Crippen molar-refractivity contribution in [3.8, 4) is 0 Å². The Balaban J connectivity index is 2.77. The lowest BCUT2D eigenvalue weighted by Gasteiger charge is -2.20. The van der Waals surface area contributed by atoms with Crippen molar-refractivity contribution < 1.29 is 0 Å². The van der Waals surface area contributed by atoms with Gasteiger partial charge in [0.25, 0.3) is 0 Å². The van der Waals surface area contributed by atoms with Gasteiger partial charge in [-0.3, -0.25) is 0 Å². The molecule has 0 aromatic heterocycles. The Morgan fingerprint density at radius 2 is 1.69 bits per heavy atom. The fraction of sp³-hybridized carbons (Fsp3) is 0.538. The molecule has 2 nitrogen and oxygen atoms in total. The van der Waals surface area contributed by atoms with Crippen molar-refractivity contribution in [1.82, 2.24) is 5.32 Å². The summed E-state index contributed by atoms with van der Waals surface area (Å²) in [6, 6.07) is 9.02. The fourth-order valence-corrected chi connectivity index (χ4v) is 2.60. The lowest BCUT2D eigenvalue weighted by Crippen LogP contribution is -2.33. The third kappa shape index (κ3) is 3.81. The van der Waals surface area contributed by atoms with Crippen LogP contribution in [0.15, 0.2) is 29.2 Å². The molecule has 0 spiro atoms. The van der Waals surface area contributed by atoms with E-state index in [1.165, 1.54) is 10.5 Å². The SMILES string of the molecule is CNC(c1ccc(SC(C)C)cc1)C(C)N. The number of thioether (sulfide) groups is 1. The molecule has 0 aliphatic carbocycles. The average molecular weight is 238 g/mol. The highest BCUT2D eigenvalue weighted by atomic mass is 32.2. The van der Waals surface area contributed by atoms with Gasteiger partial charge >= 0.3 is 0 Å². The minimum atomic E-state index is 0.119. The number of rotatable bonds is 5. The molecule has 2 atom stereocenters. The predicted molar refractivity (Wildman–Crippen MR) is 72.9 cm³/mol. The molecule has 3 N–H and O–H groups in total. The number of likely N-dealkylation sites (N-methyl/N-ethyl adjacent to an activating group) is 1. The normalized spacial score (nSPS) is 15.1. The maximum atomic E-state index is 5.93. The van der Waals surface area contributed by atoms with Crippen LogP contribution in [0, 0.1) is 0 Å². The van der Waals surface area contributed by atoms with Crippen LogP contribution >= 0.6 is 11.8 Å². The van der Waals surface area contributed by atoms with Crippen LogP contribution in [0.2, 0.25) is 0 Å². The Morgan fingerprint density at radius 3 is 2.06 bits per heavy atom. The Kier molecular flexibility index (Phi) is 5.32. The van der Waals surface area contributed by atoms with Crippen molar-refractivity contribution in [2.24, 2.45) is 5.73 Å². The zero-order chi connectivity index (χ0) is 12.1. The Morgan fingerprint density at radius 1 is 1.12 bits per heavy atom. The maximum Gasteiger partial charge on any atom is 0.0468 e. The highest BCUT2D eigenvalue weighted by Crippen LogP contribution is 2.25. The molecule has 0 saturated heterocycles. The summed E-state index contributed by atoms with van der Waals surface area (Å²) in [6.45, 7) is 6.44. The van der Waals surface area contributed by atoms with Gasteiger partial charge in [0.2, 0.25) is 0 Å². The molecule has 0 heterocycles. The summed E-state index contributed by atoms with van der Waals surface area (Å²) < 4.78 is 0. The highest BCUT2D eigenvalue weighted by Gasteiger charge is 2.13. The van der Waals surface area contributed by atoms with Crippen molar-refractivity contribution in [2.45, 2.75) is 43.0 Å². The Hall–Kier alpha value is -0.510. The molecule has 3 heteroatoms. The summed E-state index contributed by atoms with van der Waals surface area (Å²) in [7, 11) is 1.95. The van der Waals surface area contributed by atoms with E-state index >= 15 is 0 Å². The van der Waals surface area contributed by atoms with Gasteiger partial charge in [0.05, 0.1) is 0 Å². The highest BCUT2D eigenvalue weighted by molar-refractivity contribution is 7.99. The zero-order valence-electron chi connectivity index (χ0n) is 10.5. The molecule has 0 bridgehead atoms. The number of hydrogen-bond donors (Lipinski definition) is 2. The van der Waals surface area contributed by atoms with Gasteiger partial charge in [0.1, 0.15) is 0 Å². The molecule has 0 radical (unpaired) electrons. The summed E-state index contributed by atoms with van der Waals surface area (Å²) in [5.74, 6) is 0. The molecule has 90 valence electrons. The van der Waals surface area contributed by atoms with Crippen LogP contribution in [0.25, 0.3) is 0 Å². The van der Waals surface area contributed by atoms with Gasteiger partial charge in [-0.05, 0) is 31.7 Å². The van der Waals surface area contributed by atoms with Crippen LogP contribution in [0.3, 0.4) is 0 Å². The molecule has 0 saturated carbocycles. The first kappa shape index (κ1) is 13.6.